The third-order valence-corrected chi connectivity index (χ3v) is 7.79. The van der Waals surface area contributed by atoms with Gasteiger partial charge in [-0.05, 0) is 49.3 Å². The Kier molecular flexibility index (Phi) is 10.9. The Morgan fingerprint density at radius 3 is 2.37 bits per heavy atom. The number of carbonyl (C=O) groups is 5. The Morgan fingerprint density at radius 1 is 0.878 bits per heavy atom. The SMILES string of the molecule is O=C(NCc1ccccc1)C(=O)[C@H](C[C@@H]1CCCNC1=O)NC(=O)[C@H](CC1CCCCC1)NC(=O)c1cccnn1. The van der Waals surface area contributed by atoms with Crippen LogP contribution in [-0.2, 0) is 25.7 Å². The summed E-state index contributed by atoms with van der Waals surface area (Å²) < 4.78 is 0. The summed E-state index contributed by atoms with van der Waals surface area (Å²) in [6.45, 7) is 0.699. The fourth-order valence-corrected chi connectivity index (χ4v) is 5.51. The fraction of sp³-hybridized carbons (Fsp3) is 0.500. The molecular weight excluding hydrogens is 524 g/mol. The maximum atomic E-state index is 13.7. The molecule has 2 fully saturated rings. The van der Waals surface area contributed by atoms with Crippen molar-refractivity contribution >= 4 is 29.4 Å². The van der Waals surface area contributed by atoms with Crippen molar-refractivity contribution in [1.82, 2.24) is 31.5 Å². The Bertz CT molecular complexity index is 1200. The molecule has 4 rings (SSSR count). The van der Waals surface area contributed by atoms with E-state index in [9.17, 15) is 24.0 Å². The number of nitrogens with zero attached hydrogens (tertiary/aromatic N) is 2. The molecule has 2 heterocycles. The molecule has 41 heavy (non-hydrogen) atoms. The maximum Gasteiger partial charge on any atom is 0.289 e. The van der Waals surface area contributed by atoms with Crippen molar-refractivity contribution < 1.29 is 24.0 Å². The van der Waals surface area contributed by atoms with Gasteiger partial charge in [-0.25, -0.2) is 0 Å². The van der Waals surface area contributed by atoms with Crippen LogP contribution in [0.5, 0.6) is 0 Å². The molecule has 0 spiro atoms. The van der Waals surface area contributed by atoms with Crippen molar-refractivity contribution in [3.63, 3.8) is 0 Å². The normalized spacial score (nSPS) is 18.8. The molecule has 0 unspecified atom stereocenters. The molecule has 2 aliphatic rings. The second-order valence-corrected chi connectivity index (χ2v) is 10.8. The van der Waals surface area contributed by atoms with E-state index < -0.39 is 41.5 Å². The summed E-state index contributed by atoms with van der Waals surface area (Å²) in [7, 11) is 0. The predicted molar refractivity (Wildman–Crippen MR) is 150 cm³/mol. The summed E-state index contributed by atoms with van der Waals surface area (Å²) in [6.07, 6.45) is 8.24. The number of benzene rings is 1. The number of hydrogen-bond donors (Lipinski definition) is 4. The van der Waals surface area contributed by atoms with Crippen LogP contribution in [0.15, 0.2) is 48.7 Å². The van der Waals surface area contributed by atoms with Gasteiger partial charge in [0.2, 0.25) is 17.6 Å². The second-order valence-electron chi connectivity index (χ2n) is 10.8. The van der Waals surface area contributed by atoms with Gasteiger partial charge >= 0.3 is 0 Å². The minimum Gasteiger partial charge on any atom is -0.356 e. The van der Waals surface area contributed by atoms with Crippen molar-refractivity contribution in [1.29, 1.82) is 0 Å². The molecule has 218 valence electrons. The van der Waals surface area contributed by atoms with Gasteiger partial charge in [0.1, 0.15) is 6.04 Å². The highest BCUT2D eigenvalue weighted by atomic mass is 16.2. The third kappa shape index (κ3) is 8.92. The molecule has 0 bridgehead atoms. The minimum absolute atomic E-state index is 0.0105. The van der Waals surface area contributed by atoms with Gasteiger partial charge in [-0.1, -0.05) is 62.4 Å². The quantitative estimate of drug-likeness (QED) is 0.287. The minimum atomic E-state index is -1.23. The van der Waals surface area contributed by atoms with Crippen LogP contribution in [0, 0.1) is 11.8 Å². The van der Waals surface area contributed by atoms with E-state index in [2.05, 4.69) is 31.5 Å². The first-order chi connectivity index (χ1) is 19.9. The largest absolute Gasteiger partial charge is 0.356 e. The van der Waals surface area contributed by atoms with Gasteiger partial charge in [-0.15, -0.1) is 5.10 Å². The topological polar surface area (TPSA) is 159 Å². The molecule has 11 heteroatoms. The van der Waals surface area contributed by atoms with Crippen molar-refractivity contribution in [3.05, 3.63) is 59.9 Å². The lowest BCUT2D eigenvalue weighted by Gasteiger charge is -2.29. The number of nitrogens with one attached hydrogen (secondary N) is 4. The van der Waals surface area contributed by atoms with Crippen molar-refractivity contribution in [2.75, 3.05) is 6.54 Å². The first kappa shape index (κ1) is 29.8. The van der Waals surface area contributed by atoms with E-state index in [1.165, 1.54) is 12.3 Å². The number of piperidine rings is 1. The van der Waals surface area contributed by atoms with E-state index in [4.69, 9.17) is 0 Å². The van der Waals surface area contributed by atoms with Crippen molar-refractivity contribution in [2.24, 2.45) is 11.8 Å². The Labute approximate surface area is 239 Å². The zero-order chi connectivity index (χ0) is 29.0. The molecule has 11 nitrogen and oxygen atoms in total. The third-order valence-electron chi connectivity index (χ3n) is 7.79. The molecule has 2 aromatic rings. The van der Waals surface area contributed by atoms with Crippen LogP contribution in [0.1, 0.15) is 73.8 Å². The zero-order valence-electron chi connectivity index (χ0n) is 23.1. The van der Waals surface area contributed by atoms with E-state index in [0.29, 0.717) is 19.4 Å². The number of Topliss-reactive ketones (excluding diaryl/α,β-unsaturated/α-hetero) is 1. The number of amides is 4. The van der Waals surface area contributed by atoms with Crippen molar-refractivity contribution in [2.45, 2.75) is 76.4 Å². The number of hydrogen-bond acceptors (Lipinski definition) is 7. The van der Waals surface area contributed by atoms with Gasteiger partial charge in [0.05, 0.1) is 6.04 Å². The maximum absolute atomic E-state index is 13.7. The lowest BCUT2D eigenvalue weighted by Crippen LogP contribution is -2.55. The number of carbonyl (C=O) groups excluding carboxylic acids is 5. The Hall–Kier alpha value is -4.15. The molecule has 1 saturated heterocycles. The van der Waals surface area contributed by atoms with Crippen LogP contribution >= 0.6 is 0 Å². The van der Waals surface area contributed by atoms with Crippen LogP contribution < -0.4 is 21.3 Å². The molecule has 1 aliphatic heterocycles. The molecule has 3 atom stereocenters. The Morgan fingerprint density at radius 2 is 1.66 bits per heavy atom. The molecule has 1 aliphatic carbocycles. The molecule has 1 saturated carbocycles. The first-order valence-corrected chi connectivity index (χ1v) is 14.4. The smallest absolute Gasteiger partial charge is 0.289 e. The summed E-state index contributed by atoms with van der Waals surface area (Å²) in [6, 6.07) is 10.1. The zero-order valence-corrected chi connectivity index (χ0v) is 23.1. The lowest BCUT2D eigenvalue weighted by molar-refractivity contribution is -0.141. The molecule has 4 amide bonds. The van der Waals surface area contributed by atoms with Gasteiger partial charge in [0.15, 0.2) is 5.69 Å². The molecular formula is C30H38N6O5. The van der Waals surface area contributed by atoms with E-state index in [0.717, 1.165) is 44.1 Å². The summed E-state index contributed by atoms with van der Waals surface area (Å²) in [5, 5.41) is 18.5. The van der Waals surface area contributed by atoms with Crippen LogP contribution in [0.4, 0.5) is 0 Å². The number of rotatable bonds is 12. The second kappa shape index (κ2) is 15.0. The van der Waals surface area contributed by atoms with Crippen LogP contribution in [0.25, 0.3) is 0 Å². The van der Waals surface area contributed by atoms with Crippen molar-refractivity contribution in [3.8, 4) is 0 Å². The number of ketones is 1. The molecule has 0 radical (unpaired) electrons. The lowest BCUT2D eigenvalue weighted by atomic mass is 9.84. The Balaban J connectivity index is 1.49. The van der Waals surface area contributed by atoms with E-state index in [-0.39, 0.29) is 30.5 Å². The average Bonchev–Trinajstić information content (AvgIpc) is 3.01. The van der Waals surface area contributed by atoms with Crippen LogP contribution in [-0.4, -0.2) is 58.2 Å². The molecule has 4 N–H and O–H groups in total. The molecule has 1 aromatic heterocycles. The summed E-state index contributed by atoms with van der Waals surface area (Å²) in [5.41, 5.74) is 0.890. The standard InChI is InChI=1S/C30H38N6O5/c37-26(30(41)32-19-21-11-5-2-6-12-21)24(18-22-13-7-15-31-27(22)38)34-29(40)25(17-20-9-3-1-4-10-20)35-28(39)23-14-8-16-33-36-23/h2,5-6,8,11-12,14,16,20,22,24-25H,1,3-4,7,9-10,13,15,17-19H2,(H,31,38)(H,32,41)(H,34,40)(H,35,39)/t22-,24-,25-/m0/s1. The average molecular weight is 563 g/mol. The van der Waals surface area contributed by atoms with Gasteiger partial charge < -0.3 is 21.3 Å². The van der Waals surface area contributed by atoms with Gasteiger partial charge in [0.25, 0.3) is 11.8 Å². The number of aromatic nitrogens is 2. The predicted octanol–water partition coefficient (Wildman–Crippen LogP) is 1.83. The summed E-state index contributed by atoms with van der Waals surface area (Å²) in [4.78, 5) is 65.4. The van der Waals surface area contributed by atoms with Gasteiger partial charge in [0, 0.05) is 25.2 Å². The van der Waals surface area contributed by atoms with Crippen LogP contribution in [0.3, 0.4) is 0 Å². The van der Waals surface area contributed by atoms with Gasteiger partial charge in [-0.2, -0.15) is 5.10 Å². The summed E-state index contributed by atoms with van der Waals surface area (Å²) >= 11 is 0. The first-order valence-electron chi connectivity index (χ1n) is 14.4. The molecule has 1 aromatic carbocycles. The van der Waals surface area contributed by atoms with E-state index in [1.54, 1.807) is 6.07 Å². The van der Waals surface area contributed by atoms with E-state index in [1.807, 2.05) is 30.3 Å². The highest BCUT2D eigenvalue weighted by molar-refractivity contribution is 6.38. The fourth-order valence-electron chi connectivity index (χ4n) is 5.51. The highest BCUT2D eigenvalue weighted by Crippen LogP contribution is 2.28. The van der Waals surface area contributed by atoms with Gasteiger partial charge in [-0.3, -0.25) is 24.0 Å². The highest BCUT2D eigenvalue weighted by Gasteiger charge is 2.35. The van der Waals surface area contributed by atoms with Crippen LogP contribution in [0.2, 0.25) is 0 Å². The summed E-state index contributed by atoms with van der Waals surface area (Å²) in [5.74, 6) is -3.29. The monoisotopic (exact) mass is 562 g/mol. The van der Waals surface area contributed by atoms with E-state index >= 15 is 0 Å².